The molecule has 6 heteroatoms. The van der Waals surface area contributed by atoms with Crippen LogP contribution in [0, 0.1) is 18.8 Å². The van der Waals surface area contributed by atoms with Gasteiger partial charge >= 0.3 is 0 Å². The van der Waals surface area contributed by atoms with Gasteiger partial charge in [0.2, 0.25) is 11.8 Å². The van der Waals surface area contributed by atoms with Crippen LogP contribution in [0.2, 0.25) is 0 Å². The van der Waals surface area contributed by atoms with Gasteiger partial charge in [-0.1, -0.05) is 36.8 Å². The molecule has 1 unspecified atom stereocenters. The van der Waals surface area contributed by atoms with Gasteiger partial charge in [-0.2, -0.15) is 0 Å². The summed E-state index contributed by atoms with van der Waals surface area (Å²) in [6, 6.07) is 10.3. The number of imidazole rings is 1. The van der Waals surface area contributed by atoms with Gasteiger partial charge in [0.1, 0.15) is 5.82 Å². The van der Waals surface area contributed by atoms with Crippen LogP contribution in [0.4, 0.5) is 0 Å². The number of aromatic nitrogens is 2. The van der Waals surface area contributed by atoms with Gasteiger partial charge in [0, 0.05) is 57.5 Å². The van der Waals surface area contributed by atoms with Gasteiger partial charge in [-0.15, -0.1) is 0 Å². The van der Waals surface area contributed by atoms with Crippen molar-refractivity contribution in [1.82, 2.24) is 19.4 Å². The molecule has 0 radical (unpaired) electrons. The number of rotatable bonds is 7. The number of nitrogens with zero attached hydrogens (tertiary/aromatic N) is 4. The predicted molar refractivity (Wildman–Crippen MR) is 125 cm³/mol. The summed E-state index contributed by atoms with van der Waals surface area (Å²) >= 11 is 0. The van der Waals surface area contributed by atoms with Crippen molar-refractivity contribution in [2.45, 2.75) is 65.0 Å². The molecule has 2 aliphatic rings. The Morgan fingerprint density at radius 3 is 2.56 bits per heavy atom. The molecule has 2 fully saturated rings. The van der Waals surface area contributed by atoms with E-state index in [0.717, 1.165) is 70.5 Å². The van der Waals surface area contributed by atoms with Crippen LogP contribution in [0.25, 0.3) is 0 Å². The molecule has 1 aromatic carbocycles. The molecule has 2 aliphatic heterocycles. The third-order valence-corrected chi connectivity index (χ3v) is 7.21. The Kier molecular flexibility index (Phi) is 7.61. The minimum atomic E-state index is 0.114. The van der Waals surface area contributed by atoms with E-state index < -0.39 is 0 Å². The molecule has 2 saturated heterocycles. The first-order valence-electron chi connectivity index (χ1n) is 12.2. The molecule has 6 nitrogen and oxygen atoms in total. The number of hydrogen-bond acceptors (Lipinski definition) is 3. The van der Waals surface area contributed by atoms with Crippen LogP contribution in [0.5, 0.6) is 0 Å². The molecule has 0 N–H and O–H groups in total. The van der Waals surface area contributed by atoms with Crippen LogP contribution >= 0.6 is 0 Å². The molecule has 1 aromatic heterocycles. The predicted octanol–water partition coefficient (Wildman–Crippen LogP) is 4.04. The van der Waals surface area contributed by atoms with Crippen molar-refractivity contribution in [2.24, 2.45) is 11.8 Å². The van der Waals surface area contributed by atoms with Gasteiger partial charge < -0.3 is 14.4 Å². The SMILES string of the molecule is Cc1nccn1CCCC(=O)N1CCC(C2CCCCN(Cc3ccccc3)C2=O)CC1. The van der Waals surface area contributed by atoms with Crippen molar-refractivity contribution in [2.75, 3.05) is 19.6 Å². The first-order valence-corrected chi connectivity index (χ1v) is 12.2. The van der Waals surface area contributed by atoms with E-state index in [2.05, 4.69) is 26.6 Å². The van der Waals surface area contributed by atoms with Crippen LogP contribution in [-0.2, 0) is 22.7 Å². The molecular weight excluding hydrogens is 400 g/mol. The molecule has 0 saturated carbocycles. The number of amides is 2. The Bertz CT molecular complexity index is 886. The average molecular weight is 437 g/mol. The summed E-state index contributed by atoms with van der Waals surface area (Å²) in [6.45, 7) is 5.97. The highest BCUT2D eigenvalue weighted by Crippen LogP contribution is 2.33. The summed E-state index contributed by atoms with van der Waals surface area (Å²) < 4.78 is 2.10. The molecule has 4 rings (SSSR count). The zero-order valence-corrected chi connectivity index (χ0v) is 19.3. The normalized spacial score (nSPS) is 20.4. The number of hydrogen-bond donors (Lipinski definition) is 0. The second kappa shape index (κ2) is 10.8. The number of carbonyl (C=O) groups excluding carboxylic acids is 2. The van der Waals surface area contributed by atoms with E-state index in [1.807, 2.05) is 36.2 Å². The number of likely N-dealkylation sites (tertiary alicyclic amines) is 2. The van der Waals surface area contributed by atoms with E-state index in [4.69, 9.17) is 0 Å². The first-order chi connectivity index (χ1) is 15.6. The van der Waals surface area contributed by atoms with Gasteiger partial charge in [-0.3, -0.25) is 9.59 Å². The van der Waals surface area contributed by atoms with Gasteiger partial charge in [0.25, 0.3) is 0 Å². The van der Waals surface area contributed by atoms with Gasteiger partial charge in [-0.05, 0) is 50.5 Å². The fourth-order valence-electron chi connectivity index (χ4n) is 5.28. The van der Waals surface area contributed by atoms with Crippen LogP contribution in [0.3, 0.4) is 0 Å². The van der Waals surface area contributed by atoms with Gasteiger partial charge in [0.05, 0.1) is 0 Å². The van der Waals surface area contributed by atoms with Crippen LogP contribution in [0.15, 0.2) is 42.7 Å². The molecule has 32 heavy (non-hydrogen) atoms. The van der Waals surface area contributed by atoms with Crippen molar-refractivity contribution in [3.05, 3.63) is 54.1 Å². The van der Waals surface area contributed by atoms with E-state index in [9.17, 15) is 9.59 Å². The van der Waals surface area contributed by atoms with Crippen LogP contribution in [0.1, 0.15) is 56.3 Å². The Morgan fingerprint density at radius 2 is 1.84 bits per heavy atom. The topological polar surface area (TPSA) is 58.4 Å². The lowest BCUT2D eigenvalue weighted by Crippen LogP contribution is -2.43. The van der Waals surface area contributed by atoms with Crippen molar-refractivity contribution < 1.29 is 9.59 Å². The molecule has 172 valence electrons. The number of piperidine rings is 1. The maximum absolute atomic E-state index is 13.4. The van der Waals surface area contributed by atoms with Crippen molar-refractivity contribution >= 4 is 11.8 Å². The molecule has 3 heterocycles. The molecule has 0 aliphatic carbocycles. The molecule has 0 spiro atoms. The Morgan fingerprint density at radius 1 is 1.06 bits per heavy atom. The lowest BCUT2D eigenvalue weighted by atomic mass is 9.81. The Balaban J connectivity index is 1.26. The van der Waals surface area contributed by atoms with Gasteiger partial charge in [0.15, 0.2) is 0 Å². The van der Waals surface area contributed by atoms with Crippen molar-refractivity contribution in [1.29, 1.82) is 0 Å². The van der Waals surface area contributed by atoms with Crippen molar-refractivity contribution in [3.8, 4) is 0 Å². The highest BCUT2D eigenvalue weighted by molar-refractivity contribution is 5.79. The maximum Gasteiger partial charge on any atom is 0.226 e. The zero-order valence-electron chi connectivity index (χ0n) is 19.3. The summed E-state index contributed by atoms with van der Waals surface area (Å²) in [5.74, 6) is 2.08. The summed E-state index contributed by atoms with van der Waals surface area (Å²) in [6.07, 6.45) is 10.3. The summed E-state index contributed by atoms with van der Waals surface area (Å²) in [4.78, 5) is 34.4. The van der Waals surface area contributed by atoms with Crippen molar-refractivity contribution in [3.63, 3.8) is 0 Å². The van der Waals surface area contributed by atoms with Gasteiger partial charge in [-0.25, -0.2) is 4.98 Å². The Labute approximate surface area is 191 Å². The quantitative estimate of drug-likeness (QED) is 0.658. The average Bonchev–Trinajstić information content (AvgIpc) is 3.14. The molecule has 1 atom stereocenters. The van der Waals surface area contributed by atoms with E-state index in [1.165, 1.54) is 5.56 Å². The second-order valence-electron chi connectivity index (χ2n) is 9.34. The molecular formula is C26H36N4O2. The molecule has 2 amide bonds. The largest absolute Gasteiger partial charge is 0.343 e. The fraction of sp³-hybridized carbons (Fsp3) is 0.577. The third kappa shape index (κ3) is 5.59. The standard InChI is InChI=1S/C26H36N4O2/c1-21-27-14-19-28(21)16-7-11-25(31)29-17-12-23(13-18-29)24-10-5-6-15-30(26(24)32)20-22-8-3-2-4-9-22/h2-4,8-9,14,19,23-24H,5-7,10-13,15-18,20H2,1H3. The Hall–Kier alpha value is -2.63. The van der Waals surface area contributed by atoms with E-state index >= 15 is 0 Å². The summed E-state index contributed by atoms with van der Waals surface area (Å²) in [5.41, 5.74) is 1.20. The lowest BCUT2D eigenvalue weighted by molar-refractivity contribution is -0.139. The van der Waals surface area contributed by atoms with Crippen LogP contribution in [-0.4, -0.2) is 50.8 Å². The number of benzene rings is 1. The zero-order chi connectivity index (χ0) is 22.3. The lowest BCUT2D eigenvalue weighted by Gasteiger charge is -2.36. The number of carbonyl (C=O) groups is 2. The van der Waals surface area contributed by atoms with E-state index in [1.54, 1.807) is 6.20 Å². The van der Waals surface area contributed by atoms with E-state index in [-0.39, 0.29) is 11.8 Å². The highest BCUT2D eigenvalue weighted by atomic mass is 16.2. The minimum Gasteiger partial charge on any atom is -0.343 e. The smallest absolute Gasteiger partial charge is 0.226 e. The van der Waals surface area contributed by atoms with E-state index in [0.29, 0.717) is 24.8 Å². The maximum atomic E-state index is 13.4. The summed E-state index contributed by atoms with van der Waals surface area (Å²) in [5, 5.41) is 0. The molecule has 2 aromatic rings. The first kappa shape index (κ1) is 22.6. The fourth-order valence-corrected chi connectivity index (χ4v) is 5.28. The second-order valence-corrected chi connectivity index (χ2v) is 9.34. The molecule has 0 bridgehead atoms. The highest BCUT2D eigenvalue weighted by Gasteiger charge is 2.35. The third-order valence-electron chi connectivity index (χ3n) is 7.21. The minimum absolute atomic E-state index is 0.114. The van der Waals surface area contributed by atoms with Crippen LogP contribution < -0.4 is 0 Å². The summed E-state index contributed by atoms with van der Waals surface area (Å²) in [7, 11) is 0. The number of aryl methyl sites for hydroxylation is 2. The monoisotopic (exact) mass is 436 g/mol.